The lowest BCUT2D eigenvalue weighted by Crippen LogP contribution is -2.21. The number of aryl methyl sites for hydroxylation is 1. The molecule has 3 aromatic rings. The molecule has 1 heterocycles. The van der Waals surface area contributed by atoms with Gasteiger partial charge < -0.3 is 19.3 Å². The lowest BCUT2D eigenvalue weighted by molar-refractivity contribution is -0.147. The zero-order chi connectivity index (χ0) is 20.6. The number of anilines is 1. The maximum Gasteiger partial charge on any atom is 0.306 e. The monoisotopic (exact) mass is 399 g/mol. The molecule has 0 aliphatic rings. The number of methoxy groups -OCH3 is 1. The van der Waals surface area contributed by atoms with Crippen LogP contribution in [-0.2, 0) is 20.7 Å². The average Bonchev–Trinajstić information content (AvgIpc) is 3.21. The summed E-state index contributed by atoms with van der Waals surface area (Å²) in [7, 11) is 1.49. The van der Waals surface area contributed by atoms with Crippen LogP contribution in [0, 0.1) is 5.82 Å². The Balaban J connectivity index is 1.44. The zero-order valence-corrected chi connectivity index (χ0v) is 15.6. The number of hydrogen-bond donors (Lipinski definition) is 1. The van der Waals surface area contributed by atoms with Crippen LogP contribution in [0.4, 0.5) is 10.1 Å². The molecule has 1 amide bonds. The number of ether oxygens (including phenoxy) is 2. The molecular formula is C20H18FN3O5. The molecule has 1 aromatic heterocycles. The summed E-state index contributed by atoms with van der Waals surface area (Å²) in [5.74, 6) is -0.402. The van der Waals surface area contributed by atoms with Crippen molar-refractivity contribution in [1.82, 2.24) is 10.1 Å². The Morgan fingerprint density at radius 3 is 2.66 bits per heavy atom. The van der Waals surface area contributed by atoms with Crippen LogP contribution in [0.1, 0.15) is 12.3 Å². The average molecular weight is 399 g/mol. The SMILES string of the molecule is COc1ccccc1NC(=O)COC(=O)CCc1nc(-c2ccc(F)cc2)no1. The quantitative estimate of drug-likeness (QED) is 0.581. The molecule has 0 saturated heterocycles. The van der Waals surface area contributed by atoms with Crippen LogP contribution in [0.15, 0.2) is 53.1 Å². The summed E-state index contributed by atoms with van der Waals surface area (Å²) in [6.07, 6.45) is 0.119. The Labute approximate surface area is 165 Å². The van der Waals surface area contributed by atoms with E-state index in [9.17, 15) is 14.0 Å². The van der Waals surface area contributed by atoms with Crippen LogP contribution in [-0.4, -0.2) is 35.7 Å². The van der Waals surface area contributed by atoms with Crippen molar-refractivity contribution >= 4 is 17.6 Å². The normalized spacial score (nSPS) is 10.4. The Hall–Kier alpha value is -3.75. The molecule has 0 saturated carbocycles. The third kappa shape index (κ3) is 5.61. The summed E-state index contributed by atoms with van der Waals surface area (Å²) in [5, 5.41) is 6.40. The van der Waals surface area contributed by atoms with Gasteiger partial charge in [0.25, 0.3) is 5.91 Å². The number of amides is 1. The first kappa shape index (κ1) is 20.0. The van der Waals surface area contributed by atoms with Crippen LogP contribution in [0.5, 0.6) is 5.75 Å². The van der Waals surface area contributed by atoms with Gasteiger partial charge in [-0.2, -0.15) is 4.98 Å². The van der Waals surface area contributed by atoms with E-state index in [4.69, 9.17) is 14.0 Å². The van der Waals surface area contributed by atoms with E-state index in [1.54, 1.807) is 24.3 Å². The van der Waals surface area contributed by atoms with Crippen molar-refractivity contribution in [2.75, 3.05) is 19.0 Å². The summed E-state index contributed by atoms with van der Waals surface area (Å²) < 4.78 is 28.1. The number of halogens is 1. The van der Waals surface area contributed by atoms with Crippen molar-refractivity contribution < 1.29 is 28.0 Å². The molecule has 0 fully saturated rings. The number of nitrogens with one attached hydrogen (secondary N) is 1. The number of carbonyl (C=O) groups excluding carboxylic acids is 2. The highest BCUT2D eigenvalue weighted by Gasteiger charge is 2.13. The molecule has 29 heavy (non-hydrogen) atoms. The number of aromatic nitrogens is 2. The van der Waals surface area contributed by atoms with Crippen LogP contribution in [0.2, 0.25) is 0 Å². The number of hydrogen-bond acceptors (Lipinski definition) is 7. The second-order valence-corrected chi connectivity index (χ2v) is 5.93. The summed E-state index contributed by atoms with van der Waals surface area (Å²) in [4.78, 5) is 27.9. The van der Waals surface area contributed by atoms with E-state index in [0.29, 0.717) is 22.8 Å². The number of para-hydroxylation sites is 2. The van der Waals surface area contributed by atoms with Crippen molar-refractivity contribution in [2.24, 2.45) is 0 Å². The van der Waals surface area contributed by atoms with Gasteiger partial charge in [-0.05, 0) is 36.4 Å². The molecule has 0 bridgehead atoms. The molecule has 0 radical (unpaired) electrons. The summed E-state index contributed by atoms with van der Waals surface area (Å²) in [6.45, 7) is -0.429. The minimum atomic E-state index is -0.582. The molecular weight excluding hydrogens is 381 g/mol. The maximum atomic E-state index is 13.0. The minimum Gasteiger partial charge on any atom is -0.495 e. The Morgan fingerprint density at radius 2 is 1.90 bits per heavy atom. The van der Waals surface area contributed by atoms with Gasteiger partial charge in [-0.15, -0.1) is 0 Å². The number of esters is 1. The van der Waals surface area contributed by atoms with Gasteiger partial charge in [0, 0.05) is 12.0 Å². The van der Waals surface area contributed by atoms with E-state index < -0.39 is 18.5 Å². The van der Waals surface area contributed by atoms with E-state index in [1.165, 1.54) is 31.4 Å². The van der Waals surface area contributed by atoms with Gasteiger partial charge in [0.15, 0.2) is 6.61 Å². The second-order valence-electron chi connectivity index (χ2n) is 5.93. The molecule has 0 aliphatic heterocycles. The Bertz CT molecular complexity index is 988. The van der Waals surface area contributed by atoms with Crippen molar-refractivity contribution in [3.05, 3.63) is 60.2 Å². The number of nitrogens with zero attached hydrogens (tertiary/aromatic N) is 2. The van der Waals surface area contributed by atoms with E-state index in [1.807, 2.05) is 0 Å². The number of carbonyl (C=O) groups is 2. The minimum absolute atomic E-state index is 0.0347. The van der Waals surface area contributed by atoms with Gasteiger partial charge in [0.2, 0.25) is 11.7 Å². The van der Waals surface area contributed by atoms with Gasteiger partial charge in [0.1, 0.15) is 11.6 Å². The van der Waals surface area contributed by atoms with Gasteiger partial charge in [-0.3, -0.25) is 9.59 Å². The molecule has 150 valence electrons. The fourth-order valence-electron chi connectivity index (χ4n) is 2.43. The topological polar surface area (TPSA) is 104 Å². The van der Waals surface area contributed by atoms with Crippen LogP contribution in [0.3, 0.4) is 0 Å². The van der Waals surface area contributed by atoms with Crippen molar-refractivity contribution in [3.8, 4) is 17.1 Å². The van der Waals surface area contributed by atoms with Crippen LogP contribution in [0.25, 0.3) is 11.4 Å². The molecule has 2 aromatic carbocycles. The maximum absolute atomic E-state index is 13.0. The first-order valence-corrected chi connectivity index (χ1v) is 8.72. The molecule has 0 unspecified atom stereocenters. The van der Waals surface area contributed by atoms with E-state index in [-0.39, 0.29) is 24.5 Å². The second kappa shape index (κ2) is 9.45. The lowest BCUT2D eigenvalue weighted by atomic mass is 10.2. The fraction of sp³-hybridized carbons (Fsp3) is 0.200. The van der Waals surface area contributed by atoms with Crippen molar-refractivity contribution in [3.63, 3.8) is 0 Å². The van der Waals surface area contributed by atoms with Crippen molar-refractivity contribution in [2.45, 2.75) is 12.8 Å². The van der Waals surface area contributed by atoms with E-state index >= 15 is 0 Å². The first-order valence-electron chi connectivity index (χ1n) is 8.72. The van der Waals surface area contributed by atoms with Gasteiger partial charge >= 0.3 is 5.97 Å². The molecule has 8 nitrogen and oxygen atoms in total. The lowest BCUT2D eigenvalue weighted by Gasteiger charge is -2.09. The molecule has 0 aliphatic carbocycles. The zero-order valence-electron chi connectivity index (χ0n) is 15.6. The molecule has 0 spiro atoms. The number of benzene rings is 2. The van der Waals surface area contributed by atoms with Gasteiger partial charge in [0.05, 0.1) is 19.2 Å². The highest BCUT2D eigenvalue weighted by Crippen LogP contribution is 2.22. The van der Waals surface area contributed by atoms with Crippen molar-refractivity contribution in [1.29, 1.82) is 0 Å². The Kier molecular flexibility index (Phi) is 6.51. The van der Waals surface area contributed by atoms with Gasteiger partial charge in [-0.25, -0.2) is 4.39 Å². The summed E-state index contributed by atoms with van der Waals surface area (Å²) >= 11 is 0. The number of rotatable bonds is 8. The first-order chi connectivity index (χ1) is 14.0. The van der Waals surface area contributed by atoms with E-state index in [2.05, 4.69) is 15.5 Å². The largest absolute Gasteiger partial charge is 0.495 e. The molecule has 9 heteroatoms. The van der Waals surface area contributed by atoms with Crippen LogP contribution >= 0.6 is 0 Å². The molecule has 1 N–H and O–H groups in total. The predicted molar refractivity (Wildman–Crippen MR) is 101 cm³/mol. The summed E-state index contributed by atoms with van der Waals surface area (Å²) in [6, 6.07) is 12.5. The predicted octanol–water partition coefficient (Wildman–Crippen LogP) is 3.00. The molecule has 0 atom stereocenters. The van der Waals surface area contributed by atoms with E-state index in [0.717, 1.165) is 0 Å². The summed E-state index contributed by atoms with van der Waals surface area (Å²) in [5.41, 5.74) is 1.08. The third-order valence-corrected chi connectivity index (χ3v) is 3.86. The van der Waals surface area contributed by atoms with Crippen LogP contribution < -0.4 is 10.1 Å². The standard InChI is InChI=1S/C20H18FN3O5/c1-27-16-5-3-2-4-15(16)22-17(25)12-28-19(26)11-10-18-23-20(24-29-18)13-6-8-14(21)9-7-13/h2-9H,10-12H2,1H3,(H,22,25). The molecule has 3 rings (SSSR count). The van der Waals surface area contributed by atoms with Gasteiger partial charge in [-0.1, -0.05) is 17.3 Å². The Morgan fingerprint density at radius 1 is 1.14 bits per heavy atom. The fourth-order valence-corrected chi connectivity index (χ4v) is 2.43. The third-order valence-electron chi connectivity index (χ3n) is 3.86. The smallest absolute Gasteiger partial charge is 0.306 e. The highest BCUT2D eigenvalue weighted by molar-refractivity contribution is 5.94. The highest BCUT2D eigenvalue weighted by atomic mass is 19.1.